The van der Waals surface area contributed by atoms with Crippen LogP contribution in [0.1, 0.15) is 90.4 Å². The summed E-state index contributed by atoms with van der Waals surface area (Å²) in [6.45, 7) is 8.79. The number of rotatable bonds is 22. The number of unbranched alkanes of at least 4 members (excludes halogenated alkanes) is 9. The van der Waals surface area contributed by atoms with Gasteiger partial charge in [0.15, 0.2) is 0 Å². The molecule has 0 fully saturated rings. The molecule has 0 atom stereocenters. The van der Waals surface area contributed by atoms with Crippen LogP contribution in [0.5, 0.6) is 0 Å². The lowest BCUT2D eigenvalue weighted by atomic mass is 10.1. The first kappa shape index (κ1) is 25.8. The van der Waals surface area contributed by atoms with Crippen molar-refractivity contribution in [1.29, 1.82) is 0 Å². The van der Waals surface area contributed by atoms with E-state index in [2.05, 4.69) is 11.8 Å². The van der Waals surface area contributed by atoms with Gasteiger partial charge in [-0.2, -0.15) is 0 Å². The van der Waals surface area contributed by atoms with Gasteiger partial charge in [0.05, 0.1) is 0 Å². The molecule has 0 aliphatic carbocycles. The summed E-state index contributed by atoms with van der Waals surface area (Å²) >= 11 is 0. The van der Waals surface area contributed by atoms with E-state index in [0.29, 0.717) is 6.61 Å². The van der Waals surface area contributed by atoms with Gasteiger partial charge in [-0.1, -0.05) is 45.4 Å². The fourth-order valence-electron chi connectivity index (χ4n) is 3.17. The summed E-state index contributed by atoms with van der Waals surface area (Å²) in [7, 11) is 1.78. The van der Waals surface area contributed by atoms with Gasteiger partial charge in [-0.05, 0) is 64.6 Å². The number of hydrogen-bond acceptors (Lipinski definition) is 4. The molecule has 0 aliphatic heterocycles. The lowest BCUT2D eigenvalue weighted by molar-refractivity contribution is 0.122. The number of hydrogen-bond donors (Lipinski definition) is 1. The second-order valence-electron chi connectivity index (χ2n) is 7.41. The van der Waals surface area contributed by atoms with Crippen molar-refractivity contribution in [3.8, 4) is 0 Å². The third-order valence-electron chi connectivity index (χ3n) is 4.86. The van der Waals surface area contributed by atoms with Crippen molar-refractivity contribution in [2.24, 2.45) is 0 Å². The Morgan fingerprint density at radius 1 is 0.615 bits per heavy atom. The smallest absolute Gasteiger partial charge is 0.0466 e. The van der Waals surface area contributed by atoms with Gasteiger partial charge in [0.1, 0.15) is 0 Å². The molecule has 0 unspecified atom stereocenters. The van der Waals surface area contributed by atoms with Gasteiger partial charge >= 0.3 is 0 Å². The SMILES string of the molecule is CCCCCCCOCCCCN(CCCCO)CCCCCCOC. The fraction of sp³-hybridized carbons (Fsp3) is 1.00. The van der Waals surface area contributed by atoms with Crippen LogP contribution in [-0.2, 0) is 9.47 Å². The van der Waals surface area contributed by atoms with Gasteiger partial charge in [0, 0.05) is 33.5 Å². The Bertz CT molecular complexity index is 252. The van der Waals surface area contributed by atoms with Crippen LogP contribution in [0.4, 0.5) is 0 Å². The molecule has 0 heterocycles. The molecule has 158 valence electrons. The monoisotopic (exact) mass is 373 g/mol. The number of methoxy groups -OCH3 is 1. The van der Waals surface area contributed by atoms with E-state index in [1.807, 2.05) is 0 Å². The van der Waals surface area contributed by atoms with Crippen molar-refractivity contribution in [2.75, 3.05) is 53.2 Å². The van der Waals surface area contributed by atoms with Gasteiger partial charge in [-0.3, -0.25) is 0 Å². The summed E-state index contributed by atoms with van der Waals surface area (Å²) in [5.41, 5.74) is 0. The average molecular weight is 374 g/mol. The Hall–Kier alpha value is -0.160. The highest BCUT2D eigenvalue weighted by Crippen LogP contribution is 2.06. The number of nitrogens with zero attached hydrogens (tertiary/aromatic N) is 1. The molecule has 0 aromatic heterocycles. The maximum atomic E-state index is 8.99. The predicted molar refractivity (Wildman–Crippen MR) is 112 cm³/mol. The highest BCUT2D eigenvalue weighted by molar-refractivity contribution is 4.59. The second kappa shape index (κ2) is 22.9. The van der Waals surface area contributed by atoms with Gasteiger partial charge < -0.3 is 19.5 Å². The summed E-state index contributed by atoms with van der Waals surface area (Å²) in [5, 5.41) is 8.99. The molecule has 0 aromatic carbocycles. The minimum Gasteiger partial charge on any atom is -0.396 e. The van der Waals surface area contributed by atoms with Crippen molar-refractivity contribution in [3.05, 3.63) is 0 Å². The van der Waals surface area contributed by atoms with Crippen molar-refractivity contribution in [2.45, 2.75) is 90.4 Å². The first-order valence-electron chi connectivity index (χ1n) is 11.2. The Kier molecular flexibility index (Phi) is 22.7. The molecule has 1 N–H and O–H groups in total. The molecule has 4 heteroatoms. The molecule has 0 saturated carbocycles. The van der Waals surface area contributed by atoms with Crippen molar-refractivity contribution in [3.63, 3.8) is 0 Å². The standard InChI is InChI=1S/C22H47NO3/c1-3-4-5-7-14-21-26-22-15-11-18-23(17-10-12-19-24)16-9-6-8-13-20-25-2/h24H,3-22H2,1-2H3. The number of aliphatic hydroxyl groups excluding tert-OH is 1. The molecule has 0 spiro atoms. The topological polar surface area (TPSA) is 41.9 Å². The number of ether oxygens (including phenoxy) is 2. The Labute approximate surface area is 163 Å². The van der Waals surface area contributed by atoms with E-state index in [4.69, 9.17) is 14.6 Å². The van der Waals surface area contributed by atoms with Crippen LogP contribution in [0, 0.1) is 0 Å². The molecular weight excluding hydrogens is 326 g/mol. The van der Waals surface area contributed by atoms with Gasteiger partial charge in [-0.25, -0.2) is 0 Å². The molecular formula is C22H47NO3. The predicted octanol–water partition coefficient (Wildman–Crippen LogP) is 5.03. The molecule has 0 bridgehead atoms. The number of aliphatic hydroxyl groups is 1. The Morgan fingerprint density at radius 3 is 1.73 bits per heavy atom. The molecule has 0 saturated heterocycles. The quantitative estimate of drug-likeness (QED) is 0.270. The zero-order valence-electron chi connectivity index (χ0n) is 17.9. The summed E-state index contributed by atoms with van der Waals surface area (Å²) in [5.74, 6) is 0. The summed E-state index contributed by atoms with van der Waals surface area (Å²) in [6, 6.07) is 0. The van der Waals surface area contributed by atoms with Crippen LogP contribution in [0.15, 0.2) is 0 Å². The van der Waals surface area contributed by atoms with Crippen LogP contribution in [0.3, 0.4) is 0 Å². The fourth-order valence-corrected chi connectivity index (χ4v) is 3.17. The minimum absolute atomic E-state index is 0.316. The molecule has 0 aromatic rings. The maximum Gasteiger partial charge on any atom is 0.0466 e. The van der Waals surface area contributed by atoms with Crippen LogP contribution in [0.25, 0.3) is 0 Å². The van der Waals surface area contributed by atoms with Crippen molar-refractivity contribution >= 4 is 0 Å². The molecule has 0 amide bonds. The summed E-state index contributed by atoms with van der Waals surface area (Å²) < 4.78 is 10.9. The van der Waals surface area contributed by atoms with Crippen LogP contribution in [-0.4, -0.2) is 63.2 Å². The normalized spacial score (nSPS) is 11.5. The van der Waals surface area contributed by atoms with Crippen LogP contribution in [0.2, 0.25) is 0 Å². The largest absolute Gasteiger partial charge is 0.396 e. The summed E-state index contributed by atoms with van der Waals surface area (Å²) in [4.78, 5) is 2.58. The molecule has 4 nitrogen and oxygen atoms in total. The van der Waals surface area contributed by atoms with E-state index in [9.17, 15) is 0 Å². The van der Waals surface area contributed by atoms with Gasteiger partial charge in [-0.15, -0.1) is 0 Å². The minimum atomic E-state index is 0.316. The lowest BCUT2D eigenvalue weighted by Gasteiger charge is -2.22. The zero-order valence-corrected chi connectivity index (χ0v) is 17.9. The Morgan fingerprint density at radius 2 is 1.12 bits per heavy atom. The highest BCUT2D eigenvalue weighted by atomic mass is 16.5. The van der Waals surface area contributed by atoms with Crippen LogP contribution >= 0.6 is 0 Å². The first-order chi connectivity index (χ1) is 12.8. The van der Waals surface area contributed by atoms with Crippen molar-refractivity contribution < 1.29 is 14.6 Å². The van der Waals surface area contributed by atoms with E-state index >= 15 is 0 Å². The molecule has 0 aliphatic rings. The first-order valence-corrected chi connectivity index (χ1v) is 11.2. The lowest BCUT2D eigenvalue weighted by Crippen LogP contribution is -2.27. The average Bonchev–Trinajstić information content (AvgIpc) is 2.65. The van der Waals surface area contributed by atoms with E-state index in [1.54, 1.807) is 7.11 Å². The zero-order chi connectivity index (χ0) is 19.1. The van der Waals surface area contributed by atoms with E-state index in [0.717, 1.165) is 39.2 Å². The molecule has 0 radical (unpaired) electrons. The van der Waals surface area contributed by atoms with Gasteiger partial charge in [0.2, 0.25) is 0 Å². The van der Waals surface area contributed by atoms with Crippen molar-refractivity contribution in [1.82, 2.24) is 4.90 Å². The molecule has 26 heavy (non-hydrogen) atoms. The Balaban J connectivity index is 3.59. The van der Waals surface area contributed by atoms with E-state index in [-0.39, 0.29) is 0 Å². The summed E-state index contributed by atoms with van der Waals surface area (Å²) in [6.07, 6.45) is 16.0. The molecule has 0 rings (SSSR count). The van der Waals surface area contributed by atoms with E-state index in [1.165, 1.54) is 83.7 Å². The third-order valence-corrected chi connectivity index (χ3v) is 4.86. The van der Waals surface area contributed by atoms with Crippen LogP contribution < -0.4 is 0 Å². The van der Waals surface area contributed by atoms with E-state index < -0.39 is 0 Å². The third kappa shape index (κ3) is 20.2. The maximum absolute atomic E-state index is 8.99. The highest BCUT2D eigenvalue weighted by Gasteiger charge is 2.04. The van der Waals surface area contributed by atoms with Gasteiger partial charge in [0.25, 0.3) is 0 Å². The second-order valence-corrected chi connectivity index (χ2v) is 7.41.